The van der Waals surface area contributed by atoms with Gasteiger partial charge in [-0.1, -0.05) is 12.1 Å². The van der Waals surface area contributed by atoms with Crippen molar-refractivity contribution in [2.75, 3.05) is 0 Å². The van der Waals surface area contributed by atoms with E-state index in [1.54, 1.807) is 18.5 Å². The highest BCUT2D eigenvalue weighted by Crippen LogP contribution is 2.21. The maximum absolute atomic E-state index is 12.5. The summed E-state index contributed by atoms with van der Waals surface area (Å²) in [5.74, 6) is -0.133. The second-order valence-corrected chi connectivity index (χ2v) is 5.28. The minimum Gasteiger partial charge on any atom is -0.348 e. The number of aromatic nitrogens is 3. The van der Waals surface area contributed by atoms with Crippen LogP contribution in [0.25, 0.3) is 5.69 Å². The van der Waals surface area contributed by atoms with Gasteiger partial charge in [-0.05, 0) is 43.2 Å². The van der Waals surface area contributed by atoms with Gasteiger partial charge in [-0.2, -0.15) is 15.0 Å². The van der Waals surface area contributed by atoms with Crippen molar-refractivity contribution in [1.29, 1.82) is 0 Å². The third-order valence-electron chi connectivity index (χ3n) is 3.76. The molecule has 2 N–H and O–H groups in total. The molecule has 1 aliphatic carbocycles. The summed E-state index contributed by atoms with van der Waals surface area (Å²) in [5, 5.41) is 11.2. The number of para-hydroxylation sites is 1. The molecule has 1 aromatic carbocycles. The molecule has 3 rings (SSSR count). The summed E-state index contributed by atoms with van der Waals surface area (Å²) in [7, 11) is 0. The molecule has 0 bridgehead atoms. The lowest BCUT2D eigenvalue weighted by molar-refractivity contribution is 0.0933. The molecule has 2 atom stereocenters. The fourth-order valence-corrected chi connectivity index (χ4v) is 2.95. The van der Waals surface area contributed by atoms with Crippen LogP contribution in [-0.4, -0.2) is 33.0 Å². The monoisotopic (exact) mass is 305 g/mol. The number of carbonyl (C=O) groups excluding carboxylic acids is 1. The fourth-order valence-electron chi connectivity index (χ4n) is 2.69. The third-order valence-corrected chi connectivity index (χ3v) is 4.04. The standard InChI is InChI=1S/C14H16ClN5O/c15-19-12-6-3-5-11(12)18-14(21)10-4-1-2-7-13(10)20-16-8-9-17-20/h1-2,4,7-9,11-12,19H,3,5-6H2,(H,18,21)/t11-,12-/m0/s1. The normalized spacial score (nSPS) is 21.4. The smallest absolute Gasteiger partial charge is 0.253 e. The molecule has 7 heteroatoms. The van der Waals surface area contributed by atoms with E-state index in [-0.39, 0.29) is 18.0 Å². The van der Waals surface area contributed by atoms with E-state index in [0.29, 0.717) is 11.3 Å². The van der Waals surface area contributed by atoms with Crippen LogP contribution < -0.4 is 10.2 Å². The van der Waals surface area contributed by atoms with Crippen LogP contribution in [0.5, 0.6) is 0 Å². The van der Waals surface area contributed by atoms with E-state index < -0.39 is 0 Å². The van der Waals surface area contributed by atoms with Gasteiger partial charge in [-0.25, -0.2) is 4.84 Å². The molecule has 0 unspecified atom stereocenters. The number of halogens is 1. The molecule has 0 saturated heterocycles. The average molecular weight is 306 g/mol. The maximum Gasteiger partial charge on any atom is 0.253 e. The lowest BCUT2D eigenvalue weighted by Crippen LogP contribution is -2.44. The molecule has 0 radical (unpaired) electrons. The number of benzene rings is 1. The highest BCUT2D eigenvalue weighted by molar-refractivity contribution is 6.13. The van der Waals surface area contributed by atoms with Crippen LogP contribution in [0.1, 0.15) is 29.6 Å². The van der Waals surface area contributed by atoms with Gasteiger partial charge in [0.25, 0.3) is 5.91 Å². The number of nitrogens with zero attached hydrogens (tertiary/aromatic N) is 3. The molecule has 0 spiro atoms. The van der Waals surface area contributed by atoms with E-state index in [0.717, 1.165) is 19.3 Å². The molecule has 1 aliphatic rings. The van der Waals surface area contributed by atoms with Crippen molar-refractivity contribution < 1.29 is 4.79 Å². The van der Waals surface area contributed by atoms with Crippen molar-refractivity contribution in [1.82, 2.24) is 25.1 Å². The predicted octanol–water partition coefficient (Wildman–Crippen LogP) is 1.66. The van der Waals surface area contributed by atoms with Crippen LogP contribution in [0, 0.1) is 0 Å². The van der Waals surface area contributed by atoms with Crippen LogP contribution >= 0.6 is 11.8 Å². The van der Waals surface area contributed by atoms with Crippen molar-refractivity contribution >= 4 is 17.7 Å². The Kier molecular flexibility index (Phi) is 4.17. The second kappa shape index (κ2) is 6.24. The Morgan fingerprint density at radius 3 is 2.67 bits per heavy atom. The van der Waals surface area contributed by atoms with Gasteiger partial charge >= 0.3 is 0 Å². The summed E-state index contributed by atoms with van der Waals surface area (Å²) >= 11 is 5.72. The van der Waals surface area contributed by atoms with Crippen molar-refractivity contribution in [3.63, 3.8) is 0 Å². The van der Waals surface area contributed by atoms with Gasteiger partial charge in [-0.15, -0.1) is 0 Å². The molecule has 0 aliphatic heterocycles. The lowest BCUT2D eigenvalue weighted by atomic mass is 10.1. The van der Waals surface area contributed by atoms with E-state index in [1.165, 1.54) is 4.80 Å². The van der Waals surface area contributed by atoms with Gasteiger partial charge in [-0.3, -0.25) is 4.79 Å². The van der Waals surface area contributed by atoms with Crippen LogP contribution in [0.2, 0.25) is 0 Å². The third kappa shape index (κ3) is 2.91. The summed E-state index contributed by atoms with van der Waals surface area (Å²) in [6.45, 7) is 0. The predicted molar refractivity (Wildman–Crippen MR) is 79.2 cm³/mol. The first-order valence-corrected chi connectivity index (χ1v) is 7.30. The molecular weight excluding hydrogens is 290 g/mol. The number of nitrogens with one attached hydrogen (secondary N) is 2. The van der Waals surface area contributed by atoms with Gasteiger partial charge in [0, 0.05) is 12.1 Å². The first-order valence-electron chi connectivity index (χ1n) is 6.92. The molecule has 1 amide bonds. The minimum absolute atomic E-state index is 0.0497. The van der Waals surface area contributed by atoms with Crippen molar-refractivity contribution in [2.45, 2.75) is 31.3 Å². The molecule has 1 aromatic heterocycles. The summed E-state index contributed by atoms with van der Waals surface area (Å²) in [6.07, 6.45) is 6.12. The molecule has 6 nitrogen and oxygen atoms in total. The Bertz CT molecular complexity index is 616. The first kappa shape index (κ1) is 14.0. The summed E-state index contributed by atoms with van der Waals surface area (Å²) in [6, 6.07) is 7.44. The van der Waals surface area contributed by atoms with E-state index >= 15 is 0 Å². The molecule has 1 saturated carbocycles. The zero-order valence-corrected chi connectivity index (χ0v) is 12.1. The van der Waals surface area contributed by atoms with Gasteiger partial charge < -0.3 is 5.32 Å². The largest absolute Gasteiger partial charge is 0.348 e. The van der Waals surface area contributed by atoms with Crippen LogP contribution in [-0.2, 0) is 0 Å². The van der Waals surface area contributed by atoms with Gasteiger partial charge in [0.1, 0.15) is 0 Å². The van der Waals surface area contributed by atoms with E-state index in [1.807, 2.05) is 18.2 Å². The highest BCUT2D eigenvalue weighted by atomic mass is 35.5. The Labute approximate surface area is 127 Å². The summed E-state index contributed by atoms with van der Waals surface area (Å²) < 4.78 is 0. The maximum atomic E-state index is 12.5. The quantitative estimate of drug-likeness (QED) is 0.843. The molecule has 1 heterocycles. The fraction of sp³-hybridized carbons (Fsp3) is 0.357. The minimum atomic E-state index is -0.133. The topological polar surface area (TPSA) is 71.8 Å². The summed E-state index contributed by atoms with van der Waals surface area (Å²) in [5.41, 5.74) is 1.21. The molecular formula is C14H16ClN5O. The molecule has 1 fully saturated rings. The first-order chi connectivity index (χ1) is 10.3. The number of hydrogen-bond acceptors (Lipinski definition) is 4. The highest BCUT2D eigenvalue weighted by Gasteiger charge is 2.28. The Morgan fingerprint density at radius 2 is 1.90 bits per heavy atom. The number of carbonyl (C=O) groups is 1. The van der Waals surface area contributed by atoms with Crippen LogP contribution in [0.15, 0.2) is 36.7 Å². The van der Waals surface area contributed by atoms with Gasteiger partial charge in [0.05, 0.1) is 23.6 Å². The lowest BCUT2D eigenvalue weighted by Gasteiger charge is -2.20. The Morgan fingerprint density at radius 1 is 1.19 bits per heavy atom. The SMILES string of the molecule is O=C(N[C@H]1CCC[C@@H]1NCl)c1ccccc1-n1nccn1. The van der Waals surface area contributed by atoms with Crippen LogP contribution in [0.4, 0.5) is 0 Å². The Hall–Kier alpha value is -1.92. The van der Waals surface area contributed by atoms with Crippen molar-refractivity contribution in [2.24, 2.45) is 0 Å². The Balaban J connectivity index is 1.82. The van der Waals surface area contributed by atoms with E-state index in [9.17, 15) is 4.79 Å². The zero-order valence-electron chi connectivity index (χ0n) is 11.4. The van der Waals surface area contributed by atoms with Gasteiger partial charge in [0.2, 0.25) is 0 Å². The molecule has 2 aromatic rings. The molecule has 21 heavy (non-hydrogen) atoms. The van der Waals surface area contributed by atoms with Gasteiger partial charge in [0.15, 0.2) is 0 Å². The van der Waals surface area contributed by atoms with E-state index in [2.05, 4.69) is 20.3 Å². The van der Waals surface area contributed by atoms with Crippen LogP contribution in [0.3, 0.4) is 0 Å². The van der Waals surface area contributed by atoms with Crippen molar-refractivity contribution in [3.05, 3.63) is 42.2 Å². The number of amides is 1. The molecule has 110 valence electrons. The second-order valence-electron chi connectivity index (χ2n) is 5.06. The van der Waals surface area contributed by atoms with Crippen molar-refractivity contribution in [3.8, 4) is 5.69 Å². The zero-order chi connectivity index (χ0) is 14.7. The number of hydrogen-bond donors (Lipinski definition) is 2. The number of rotatable bonds is 4. The summed E-state index contributed by atoms with van der Waals surface area (Å²) in [4.78, 5) is 16.7. The average Bonchev–Trinajstić information content (AvgIpc) is 3.18. The van der Waals surface area contributed by atoms with E-state index in [4.69, 9.17) is 11.8 Å².